The van der Waals surface area contributed by atoms with Gasteiger partial charge in [0.1, 0.15) is 0 Å². The van der Waals surface area contributed by atoms with Crippen LogP contribution in [0.5, 0.6) is 0 Å². The standard InChI is InChI=1S/C28H27N3.C4H4O4/c29-28(30-26-17-16-24-15-14-23-12-7-13-25(26)27(23)24)31(20-22-10-5-2-6-11-22)19-18-21-8-3-1-4-9-21;5-3(6)1-2-4(7)8/h1-13,16-17H,14-15,18-20H2,(H2,29,30);1-2H,(H,5,6)(H,7,8)/b;2-1-. The summed E-state index contributed by atoms with van der Waals surface area (Å²) in [5.41, 5.74) is 13.0. The molecule has 4 aromatic carbocycles. The zero-order valence-corrected chi connectivity index (χ0v) is 21.5. The van der Waals surface area contributed by atoms with Crippen molar-refractivity contribution < 1.29 is 19.8 Å². The zero-order valence-electron chi connectivity index (χ0n) is 21.5. The van der Waals surface area contributed by atoms with Crippen molar-refractivity contribution >= 4 is 34.4 Å². The molecule has 7 nitrogen and oxygen atoms in total. The average molecular weight is 522 g/mol. The van der Waals surface area contributed by atoms with Gasteiger partial charge in [0.15, 0.2) is 5.96 Å². The third-order valence-corrected chi connectivity index (χ3v) is 6.51. The summed E-state index contributed by atoms with van der Waals surface area (Å²) in [6.07, 6.45) is 4.28. The Morgan fingerprint density at radius 1 is 0.769 bits per heavy atom. The van der Waals surface area contributed by atoms with Crippen LogP contribution in [0.3, 0.4) is 0 Å². The summed E-state index contributed by atoms with van der Waals surface area (Å²) < 4.78 is 0. The van der Waals surface area contributed by atoms with Crippen LogP contribution in [0, 0.1) is 0 Å². The summed E-state index contributed by atoms with van der Waals surface area (Å²) in [7, 11) is 0. The number of nitrogens with two attached hydrogens (primary N) is 1. The molecule has 0 heterocycles. The second-order valence-electron chi connectivity index (χ2n) is 9.21. The lowest BCUT2D eigenvalue weighted by atomic mass is 10.0. The molecule has 0 amide bonds. The van der Waals surface area contributed by atoms with E-state index in [2.05, 4.69) is 89.8 Å². The summed E-state index contributed by atoms with van der Waals surface area (Å²) in [6.45, 7) is 1.56. The molecule has 0 unspecified atom stereocenters. The molecule has 4 aromatic rings. The van der Waals surface area contributed by atoms with Crippen molar-refractivity contribution in [3.05, 3.63) is 125 Å². The molecule has 0 saturated heterocycles. The highest BCUT2D eigenvalue weighted by molar-refractivity contribution is 6.00. The van der Waals surface area contributed by atoms with E-state index in [1.54, 1.807) is 0 Å². The highest BCUT2D eigenvalue weighted by Gasteiger charge is 2.16. The Labute approximate surface area is 227 Å². The van der Waals surface area contributed by atoms with Crippen molar-refractivity contribution in [3.63, 3.8) is 0 Å². The first kappa shape index (κ1) is 27.1. The van der Waals surface area contributed by atoms with E-state index in [0.29, 0.717) is 18.1 Å². The second kappa shape index (κ2) is 13.1. The van der Waals surface area contributed by atoms with Crippen molar-refractivity contribution in [2.75, 3.05) is 6.54 Å². The van der Waals surface area contributed by atoms with Gasteiger partial charge in [0.25, 0.3) is 0 Å². The van der Waals surface area contributed by atoms with Crippen LogP contribution in [0.1, 0.15) is 22.3 Å². The minimum atomic E-state index is -1.26. The summed E-state index contributed by atoms with van der Waals surface area (Å²) in [4.78, 5) is 26.2. The third kappa shape index (κ3) is 7.55. The molecule has 0 bridgehead atoms. The smallest absolute Gasteiger partial charge is 0.328 e. The molecule has 1 aliphatic rings. The molecule has 7 heteroatoms. The van der Waals surface area contributed by atoms with Crippen molar-refractivity contribution in [2.24, 2.45) is 10.7 Å². The van der Waals surface area contributed by atoms with E-state index in [1.165, 1.54) is 33.0 Å². The molecule has 1 aliphatic carbocycles. The van der Waals surface area contributed by atoms with Gasteiger partial charge in [0.05, 0.1) is 5.69 Å². The number of hydrogen-bond acceptors (Lipinski definition) is 3. The van der Waals surface area contributed by atoms with Gasteiger partial charge in [-0.3, -0.25) is 0 Å². The van der Waals surface area contributed by atoms with Gasteiger partial charge < -0.3 is 20.8 Å². The fraction of sp³-hybridized carbons (Fsp3) is 0.156. The second-order valence-corrected chi connectivity index (χ2v) is 9.21. The first-order chi connectivity index (χ1) is 18.9. The maximum absolute atomic E-state index is 9.55. The molecular formula is C32H31N3O4. The van der Waals surface area contributed by atoms with Gasteiger partial charge in [-0.1, -0.05) is 84.9 Å². The molecule has 0 spiro atoms. The van der Waals surface area contributed by atoms with Crippen LogP contribution in [-0.4, -0.2) is 39.6 Å². The predicted octanol–water partition coefficient (Wildman–Crippen LogP) is 5.34. The van der Waals surface area contributed by atoms with Crippen LogP contribution < -0.4 is 5.73 Å². The molecule has 198 valence electrons. The van der Waals surface area contributed by atoms with E-state index in [0.717, 1.165) is 38.0 Å². The summed E-state index contributed by atoms with van der Waals surface area (Å²) in [5, 5.41) is 18.2. The number of carboxylic acids is 2. The van der Waals surface area contributed by atoms with E-state index >= 15 is 0 Å². The van der Waals surface area contributed by atoms with Gasteiger partial charge in [-0.05, 0) is 53.0 Å². The zero-order chi connectivity index (χ0) is 27.6. The van der Waals surface area contributed by atoms with E-state index in [9.17, 15) is 9.59 Å². The lowest BCUT2D eigenvalue weighted by molar-refractivity contribution is -0.134. The number of aryl methyl sites for hydroxylation is 2. The molecule has 0 saturated carbocycles. The predicted molar refractivity (Wildman–Crippen MR) is 154 cm³/mol. The summed E-state index contributed by atoms with van der Waals surface area (Å²) in [6, 6.07) is 31.9. The molecule has 5 rings (SSSR count). The number of carbonyl (C=O) groups is 2. The summed E-state index contributed by atoms with van der Waals surface area (Å²) >= 11 is 0. The number of carboxylic acid groups (broad SMARTS) is 2. The lowest BCUT2D eigenvalue weighted by Crippen LogP contribution is -2.38. The number of aliphatic imine (C=N–C) groups is 1. The van der Waals surface area contributed by atoms with E-state index in [-0.39, 0.29) is 0 Å². The molecular weight excluding hydrogens is 490 g/mol. The Hall–Kier alpha value is -4.91. The Morgan fingerprint density at radius 2 is 1.36 bits per heavy atom. The SMILES string of the molecule is NC(=Nc1ccc2c3c(cccc13)CC2)N(CCc1ccccc1)Cc1ccccc1.O=C(O)/C=C\C(=O)O. The van der Waals surface area contributed by atoms with Gasteiger partial charge in [0.2, 0.25) is 0 Å². The highest BCUT2D eigenvalue weighted by atomic mass is 16.4. The van der Waals surface area contributed by atoms with Crippen LogP contribution in [0.25, 0.3) is 10.8 Å². The monoisotopic (exact) mass is 521 g/mol. The molecule has 0 aromatic heterocycles. The van der Waals surface area contributed by atoms with E-state index < -0.39 is 11.9 Å². The van der Waals surface area contributed by atoms with Crippen LogP contribution in [0.4, 0.5) is 5.69 Å². The van der Waals surface area contributed by atoms with E-state index in [4.69, 9.17) is 20.9 Å². The summed E-state index contributed by atoms with van der Waals surface area (Å²) in [5.74, 6) is -1.95. The van der Waals surface area contributed by atoms with Gasteiger partial charge in [0, 0.05) is 30.6 Å². The van der Waals surface area contributed by atoms with Crippen molar-refractivity contribution in [1.82, 2.24) is 4.90 Å². The first-order valence-electron chi connectivity index (χ1n) is 12.7. The van der Waals surface area contributed by atoms with Gasteiger partial charge in [-0.2, -0.15) is 0 Å². The van der Waals surface area contributed by atoms with Gasteiger partial charge >= 0.3 is 11.9 Å². The molecule has 0 aliphatic heterocycles. The molecule has 0 radical (unpaired) electrons. The van der Waals surface area contributed by atoms with Crippen molar-refractivity contribution in [2.45, 2.75) is 25.8 Å². The van der Waals surface area contributed by atoms with Crippen molar-refractivity contribution in [3.8, 4) is 0 Å². The van der Waals surface area contributed by atoms with Gasteiger partial charge in [-0.15, -0.1) is 0 Å². The van der Waals surface area contributed by atoms with Crippen LogP contribution in [-0.2, 0) is 35.4 Å². The van der Waals surface area contributed by atoms with Crippen LogP contribution in [0.2, 0.25) is 0 Å². The highest BCUT2D eigenvalue weighted by Crippen LogP contribution is 2.36. The Balaban J connectivity index is 0.000000386. The minimum absolute atomic E-state index is 0.558. The maximum Gasteiger partial charge on any atom is 0.328 e. The average Bonchev–Trinajstić information content (AvgIpc) is 3.37. The largest absolute Gasteiger partial charge is 0.478 e. The number of guanidine groups is 1. The Kier molecular flexibility index (Phi) is 9.08. The first-order valence-corrected chi connectivity index (χ1v) is 12.7. The molecule has 0 atom stereocenters. The Morgan fingerprint density at radius 3 is 1.97 bits per heavy atom. The minimum Gasteiger partial charge on any atom is -0.478 e. The van der Waals surface area contributed by atoms with Crippen LogP contribution >= 0.6 is 0 Å². The number of rotatable bonds is 8. The maximum atomic E-state index is 9.55. The topological polar surface area (TPSA) is 116 Å². The fourth-order valence-electron chi connectivity index (χ4n) is 4.65. The number of hydrogen-bond donors (Lipinski definition) is 3. The Bertz CT molecular complexity index is 1470. The molecule has 0 fully saturated rings. The van der Waals surface area contributed by atoms with Crippen LogP contribution in [0.15, 0.2) is 108 Å². The number of benzene rings is 4. The lowest BCUT2D eigenvalue weighted by Gasteiger charge is -2.24. The molecule has 4 N–H and O–H groups in total. The van der Waals surface area contributed by atoms with Gasteiger partial charge in [-0.25, -0.2) is 14.6 Å². The fourth-order valence-corrected chi connectivity index (χ4v) is 4.65. The quantitative estimate of drug-likeness (QED) is 0.164. The number of nitrogens with zero attached hydrogens (tertiary/aromatic N) is 2. The number of aliphatic carboxylic acids is 2. The van der Waals surface area contributed by atoms with E-state index in [1.807, 2.05) is 6.07 Å². The molecule has 39 heavy (non-hydrogen) atoms. The normalized spacial score (nSPS) is 12.3. The third-order valence-electron chi connectivity index (χ3n) is 6.51. The van der Waals surface area contributed by atoms with Crippen molar-refractivity contribution in [1.29, 1.82) is 0 Å².